The van der Waals surface area contributed by atoms with E-state index < -0.39 is 30.1 Å². The number of benzene rings is 2. The van der Waals surface area contributed by atoms with Crippen molar-refractivity contribution >= 4 is 17.9 Å². The second kappa shape index (κ2) is 7.38. The van der Waals surface area contributed by atoms with Crippen molar-refractivity contribution in [2.24, 2.45) is 5.73 Å². The molecule has 0 unspecified atom stereocenters. The van der Waals surface area contributed by atoms with Gasteiger partial charge < -0.3 is 15.6 Å². The number of hydrogen-bond donors (Lipinski definition) is 3. The van der Waals surface area contributed by atoms with Gasteiger partial charge in [-0.05, 0) is 11.1 Å². The predicted molar refractivity (Wildman–Crippen MR) is 84.6 cm³/mol. The highest BCUT2D eigenvalue weighted by Gasteiger charge is 2.41. The smallest absolute Gasteiger partial charge is 0.348 e. The van der Waals surface area contributed by atoms with Gasteiger partial charge in [-0.2, -0.15) is 0 Å². The molecule has 0 bridgehead atoms. The van der Waals surface area contributed by atoms with Crippen LogP contribution >= 0.6 is 0 Å². The summed E-state index contributed by atoms with van der Waals surface area (Å²) >= 11 is 0. The molecule has 0 fully saturated rings. The van der Waals surface area contributed by atoms with Crippen LogP contribution in [-0.4, -0.2) is 29.6 Å². The average molecular weight is 328 g/mol. The molecule has 3 amide bonds. The zero-order valence-corrected chi connectivity index (χ0v) is 12.6. The minimum absolute atomic E-state index is 0.288. The summed E-state index contributed by atoms with van der Waals surface area (Å²) in [5.41, 5.74) is 3.30. The molecule has 0 aromatic heterocycles. The van der Waals surface area contributed by atoms with Gasteiger partial charge in [-0.25, -0.2) is 9.59 Å². The Balaban J connectivity index is 2.29. The first kappa shape index (κ1) is 17.2. The quantitative estimate of drug-likeness (QED) is 0.697. The topological polar surface area (TPSA) is 119 Å². The summed E-state index contributed by atoms with van der Waals surface area (Å²) in [6.45, 7) is -0.746. The fraction of sp³-hybridized carbons (Fsp3) is 0.118. The summed E-state index contributed by atoms with van der Waals surface area (Å²) < 4.78 is 4.87. The minimum atomic E-state index is -2.09. The van der Waals surface area contributed by atoms with Gasteiger partial charge in [-0.15, -0.1) is 0 Å². The highest BCUT2D eigenvalue weighted by molar-refractivity contribution is 5.95. The van der Waals surface area contributed by atoms with Gasteiger partial charge in [0.25, 0.3) is 5.91 Å². The number of aliphatic hydroxyl groups is 1. The van der Waals surface area contributed by atoms with E-state index in [1.54, 1.807) is 66.0 Å². The van der Waals surface area contributed by atoms with Crippen molar-refractivity contribution in [2.45, 2.75) is 5.60 Å². The third-order valence-corrected chi connectivity index (χ3v) is 3.28. The van der Waals surface area contributed by atoms with E-state index in [-0.39, 0.29) is 11.1 Å². The van der Waals surface area contributed by atoms with Crippen LogP contribution in [0, 0.1) is 0 Å². The van der Waals surface area contributed by atoms with Crippen LogP contribution in [0.1, 0.15) is 11.1 Å². The van der Waals surface area contributed by atoms with Crippen LogP contribution in [-0.2, 0) is 19.9 Å². The highest BCUT2D eigenvalue weighted by Crippen LogP contribution is 2.30. The average Bonchev–Trinajstić information content (AvgIpc) is 2.60. The van der Waals surface area contributed by atoms with E-state index in [1.165, 1.54) is 0 Å². The predicted octanol–water partition coefficient (Wildman–Crippen LogP) is 0.661. The van der Waals surface area contributed by atoms with Crippen LogP contribution in [0.15, 0.2) is 60.7 Å². The molecule has 0 aliphatic heterocycles. The van der Waals surface area contributed by atoms with Crippen LogP contribution in [0.5, 0.6) is 0 Å². The Kier molecular flexibility index (Phi) is 5.28. The molecular weight excluding hydrogens is 312 g/mol. The van der Waals surface area contributed by atoms with Crippen molar-refractivity contribution in [2.75, 3.05) is 6.61 Å². The van der Waals surface area contributed by atoms with Gasteiger partial charge in [0, 0.05) is 0 Å². The van der Waals surface area contributed by atoms with Gasteiger partial charge in [-0.1, -0.05) is 60.7 Å². The lowest BCUT2D eigenvalue weighted by Gasteiger charge is -2.26. The lowest BCUT2D eigenvalue weighted by molar-refractivity contribution is -0.164. The molecule has 2 rings (SSSR count). The molecular formula is C17H16N2O5. The lowest BCUT2D eigenvalue weighted by atomic mass is 9.86. The standard InChI is InChI=1S/C17H16N2O5/c18-16(22)19-14(20)11-24-15(21)17(23,12-7-3-1-4-8-12)13-9-5-2-6-10-13/h1-10,23H,11H2,(H3,18,19,20,22). The molecule has 7 heteroatoms. The summed E-state index contributed by atoms with van der Waals surface area (Å²) in [7, 11) is 0. The Morgan fingerprint density at radius 2 is 1.42 bits per heavy atom. The zero-order chi connectivity index (χ0) is 17.6. The van der Waals surface area contributed by atoms with Crippen LogP contribution in [0.2, 0.25) is 0 Å². The van der Waals surface area contributed by atoms with Crippen molar-refractivity contribution in [3.63, 3.8) is 0 Å². The normalized spacial score (nSPS) is 10.7. The first-order valence-electron chi connectivity index (χ1n) is 7.04. The summed E-state index contributed by atoms with van der Waals surface area (Å²) in [4.78, 5) is 34.5. The Morgan fingerprint density at radius 3 is 1.83 bits per heavy atom. The van der Waals surface area contributed by atoms with Crippen molar-refractivity contribution in [3.8, 4) is 0 Å². The van der Waals surface area contributed by atoms with Crippen LogP contribution < -0.4 is 11.1 Å². The van der Waals surface area contributed by atoms with E-state index in [0.717, 1.165) is 0 Å². The molecule has 0 heterocycles. The van der Waals surface area contributed by atoms with Crippen molar-refractivity contribution in [3.05, 3.63) is 71.8 Å². The van der Waals surface area contributed by atoms with E-state index in [0.29, 0.717) is 0 Å². The maximum atomic E-state index is 12.5. The SMILES string of the molecule is NC(=O)NC(=O)COC(=O)C(O)(c1ccccc1)c1ccccc1. The molecule has 0 radical (unpaired) electrons. The largest absolute Gasteiger partial charge is 0.453 e. The van der Waals surface area contributed by atoms with E-state index in [9.17, 15) is 19.5 Å². The van der Waals surface area contributed by atoms with Crippen LogP contribution in [0.4, 0.5) is 4.79 Å². The van der Waals surface area contributed by atoms with Gasteiger partial charge in [0.05, 0.1) is 0 Å². The molecule has 124 valence electrons. The van der Waals surface area contributed by atoms with Crippen molar-refractivity contribution in [1.29, 1.82) is 0 Å². The maximum absolute atomic E-state index is 12.5. The van der Waals surface area contributed by atoms with Crippen molar-refractivity contribution in [1.82, 2.24) is 5.32 Å². The van der Waals surface area contributed by atoms with Crippen LogP contribution in [0.3, 0.4) is 0 Å². The summed E-state index contributed by atoms with van der Waals surface area (Å²) in [6.07, 6.45) is 0. The maximum Gasteiger partial charge on any atom is 0.348 e. The first-order valence-corrected chi connectivity index (χ1v) is 7.04. The summed E-state index contributed by atoms with van der Waals surface area (Å²) in [6, 6.07) is 15.3. The minimum Gasteiger partial charge on any atom is -0.453 e. The van der Waals surface area contributed by atoms with E-state index in [4.69, 9.17) is 10.5 Å². The number of imide groups is 1. The number of carbonyl (C=O) groups is 3. The molecule has 24 heavy (non-hydrogen) atoms. The molecule has 7 nitrogen and oxygen atoms in total. The number of nitrogens with two attached hydrogens (primary N) is 1. The second-order valence-corrected chi connectivity index (χ2v) is 4.93. The molecule has 2 aromatic carbocycles. The van der Waals surface area contributed by atoms with Gasteiger partial charge >= 0.3 is 12.0 Å². The molecule has 2 aromatic rings. The number of amides is 3. The number of rotatable bonds is 5. The molecule has 0 spiro atoms. The summed E-state index contributed by atoms with van der Waals surface area (Å²) in [5, 5.41) is 12.8. The molecule has 0 aliphatic rings. The molecule has 0 saturated heterocycles. The van der Waals surface area contributed by atoms with Gasteiger partial charge in [0.2, 0.25) is 5.60 Å². The lowest BCUT2D eigenvalue weighted by Crippen LogP contribution is -2.42. The second-order valence-electron chi connectivity index (χ2n) is 4.93. The molecule has 4 N–H and O–H groups in total. The number of nitrogens with one attached hydrogen (secondary N) is 1. The Bertz CT molecular complexity index is 692. The number of urea groups is 1. The molecule has 0 saturated carbocycles. The number of ether oxygens (including phenoxy) is 1. The summed E-state index contributed by atoms with van der Waals surface area (Å²) in [5.74, 6) is -1.93. The number of hydrogen-bond acceptors (Lipinski definition) is 5. The fourth-order valence-electron chi connectivity index (χ4n) is 2.17. The van der Waals surface area contributed by atoms with Gasteiger partial charge in [-0.3, -0.25) is 10.1 Å². The Labute approximate surface area is 138 Å². The Hall–Kier alpha value is -3.19. The Morgan fingerprint density at radius 1 is 0.958 bits per heavy atom. The number of primary amides is 1. The molecule has 0 aliphatic carbocycles. The van der Waals surface area contributed by atoms with E-state index in [1.807, 2.05) is 0 Å². The van der Waals surface area contributed by atoms with E-state index in [2.05, 4.69) is 0 Å². The first-order chi connectivity index (χ1) is 11.4. The van der Waals surface area contributed by atoms with Crippen molar-refractivity contribution < 1.29 is 24.2 Å². The highest BCUT2D eigenvalue weighted by atomic mass is 16.6. The molecule has 0 atom stereocenters. The van der Waals surface area contributed by atoms with Gasteiger partial charge in [0.1, 0.15) is 0 Å². The zero-order valence-electron chi connectivity index (χ0n) is 12.6. The van der Waals surface area contributed by atoms with Crippen LogP contribution in [0.25, 0.3) is 0 Å². The number of esters is 1. The number of carbonyl (C=O) groups excluding carboxylic acids is 3. The van der Waals surface area contributed by atoms with E-state index >= 15 is 0 Å². The third kappa shape index (κ3) is 3.76. The van der Waals surface area contributed by atoms with Gasteiger partial charge in [0.15, 0.2) is 6.61 Å². The third-order valence-electron chi connectivity index (χ3n) is 3.28. The monoisotopic (exact) mass is 328 g/mol. The fourth-order valence-corrected chi connectivity index (χ4v) is 2.17.